The van der Waals surface area contributed by atoms with E-state index in [0.717, 1.165) is 12.1 Å². The molecule has 0 spiro atoms. The fraction of sp³-hybridized carbons (Fsp3) is 0.250. The molecule has 0 saturated carbocycles. The van der Waals surface area contributed by atoms with Gasteiger partial charge in [0, 0.05) is 19.5 Å². The number of hydrogen-bond donors (Lipinski definition) is 1. The second-order valence-corrected chi connectivity index (χ2v) is 4.16. The maximum Gasteiger partial charge on any atom is 0.306 e. The molecule has 0 fully saturated rings. The molecule has 0 atom stereocenters. The van der Waals surface area contributed by atoms with Crippen molar-refractivity contribution in [3.8, 4) is 0 Å². The number of nitrogens with zero attached hydrogens (tertiary/aromatic N) is 1. The summed E-state index contributed by atoms with van der Waals surface area (Å²) in [6, 6.07) is 1.99. The molecule has 0 unspecified atom stereocenters. The van der Waals surface area contributed by atoms with E-state index in [0.29, 0.717) is 18.5 Å². The minimum Gasteiger partial charge on any atom is -0.356 e. The Morgan fingerprint density at radius 3 is 2.84 bits per heavy atom. The lowest BCUT2D eigenvalue weighted by atomic mass is 10.1. The second kappa shape index (κ2) is 6.84. The summed E-state index contributed by atoms with van der Waals surface area (Å²) in [7, 11) is 0. The Hall–Kier alpha value is -1.95. The minimum absolute atomic E-state index is 0.101. The molecule has 1 aromatic rings. The maximum absolute atomic E-state index is 13.4. The highest BCUT2D eigenvalue weighted by atomic mass is 35.5. The smallest absolute Gasteiger partial charge is 0.306 e. The number of hydrogen-bond acceptors (Lipinski definition) is 3. The van der Waals surface area contributed by atoms with Crippen LogP contribution in [0.2, 0.25) is 5.02 Å². The second-order valence-electron chi connectivity index (χ2n) is 3.76. The summed E-state index contributed by atoms with van der Waals surface area (Å²) < 4.78 is 13.4. The lowest BCUT2D eigenvalue weighted by Crippen LogP contribution is -2.20. The van der Waals surface area contributed by atoms with Crippen molar-refractivity contribution < 1.29 is 14.1 Å². The predicted octanol–water partition coefficient (Wildman–Crippen LogP) is 2.93. The molecule has 0 bridgehead atoms. The number of amides is 1. The molecule has 19 heavy (non-hydrogen) atoms. The molecule has 1 amide bonds. The first-order chi connectivity index (χ1) is 8.91. The number of rotatable bonds is 5. The molecule has 1 N–H and O–H groups in total. The number of nitrogens with one attached hydrogen (secondary N) is 1. The van der Waals surface area contributed by atoms with Gasteiger partial charge < -0.3 is 5.32 Å². The van der Waals surface area contributed by atoms with E-state index in [9.17, 15) is 19.3 Å². The van der Waals surface area contributed by atoms with Crippen LogP contribution in [0.25, 0.3) is 6.08 Å². The van der Waals surface area contributed by atoms with E-state index in [1.807, 2.05) is 0 Å². The number of carbonyl (C=O) groups is 1. The molecule has 0 heterocycles. The molecule has 1 rings (SSSR count). The number of carbonyl (C=O) groups excluding carboxylic acids is 1. The first kappa shape index (κ1) is 15.1. The van der Waals surface area contributed by atoms with E-state index in [4.69, 9.17) is 11.6 Å². The number of nitro benzene ring substituents is 1. The molecule has 0 radical (unpaired) electrons. The van der Waals surface area contributed by atoms with Crippen LogP contribution in [0, 0.1) is 15.9 Å². The van der Waals surface area contributed by atoms with Crippen LogP contribution in [0.15, 0.2) is 18.2 Å². The highest BCUT2D eigenvalue weighted by Gasteiger charge is 2.16. The Bertz CT molecular complexity index is 532. The molecule has 5 nitrogen and oxygen atoms in total. The molecular weight excluding hydrogens is 275 g/mol. The molecule has 7 heteroatoms. The predicted molar refractivity (Wildman–Crippen MR) is 70.4 cm³/mol. The minimum atomic E-state index is -0.934. The number of nitro groups is 1. The third-order valence-electron chi connectivity index (χ3n) is 2.25. The van der Waals surface area contributed by atoms with E-state index in [1.165, 1.54) is 6.92 Å². The molecule has 0 saturated heterocycles. The first-order valence-electron chi connectivity index (χ1n) is 5.46. The fourth-order valence-electron chi connectivity index (χ4n) is 1.36. The molecule has 0 aliphatic heterocycles. The summed E-state index contributed by atoms with van der Waals surface area (Å²) >= 11 is 5.82. The highest BCUT2D eigenvalue weighted by molar-refractivity contribution is 6.32. The number of halogens is 2. The Morgan fingerprint density at radius 1 is 1.58 bits per heavy atom. The summed E-state index contributed by atoms with van der Waals surface area (Å²) in [6.45, 7) is 1.87. The lowest BCUT2D eigenvalue weighted by Gasteiger charge is -2.01. The van der Waals surface area contributed by atoms with Gasteiger partial charge in [0.2, 0.25) is 11.7 Å². The normalized spacial score (nSPS) is 10.7. The van der Waals surface area contributed by atoms with Gasteiger partial charge in [-0.25, -0.2) is 0 Å². The van der Waals surface area contributed by atoms with Gasteiger partial charge in [0.05, 0.1) is 9.95 Å². The third-order valence-corrected chi connectivity index (χ3v) is 2.57. The third kappa shape index (κ3) is 4.67. The lowest BCUT2D eigenvalue weighted by molar-refractivity contribution is -0.387. The molecule has 0 aliphatic carbocycles. The van der Waals surface area contributed by atoms with Crippen LogP contribution in [-0.4, -0.2) is 17.4 Å². The maximum atomic E-state index is 13.4. The number of benzene rings is 1. The van der Waals surface area contributed by atoms with E-state index in [1.54, 1.807) is 12.2 Å². The van der Waals surface area contributed by atoms with Gasteiger partial charge in [-0.1, -0.05) is 23.8 Å². The van der Waals surface area contributed by atoms with Crippen molar-refractivity contribution in [2.75, 3.05) is 6.54 Å². The molecule has 102 valence electrons. The van der Waals surface area contributed by atoms with Crippen molar-refractivity contribution >= 4 is 29.3 Å². The SMILES string of the molecule is CC(=O)NCCC=Cc1cc(F)c([N+](=O)[O-])cc1Cl. The van der Waals surface area contributed by atoms with Crippen LogP contribution in [0.3, 0.4) is 0 Å². The van der Waals surface area contributed by atoms with Crippen molar-refractivity contribution in [3.05, 3.63) is 44.7 Å². The van der Waals surface area contributed by atoms with Gasteiger partial charge >= 0.3 is 5.69 Å². The van der Waals surface area contributed by atoms with Crippen LogP contribution >= 0.6 is 11.6 Å². The molecule has 0 aliphatic rings. The Labute approximate surface area is 114 Å². The van der Waals surface area contributed by atoms with Crippen LogP contribution in [0.1, 0.15) is 18.9 Å². The van der Waals surface area contributed by atoms with Crippen LogP contribution < -0.4 is 5.32 Å². The first-order valence-corrected chi connectivity index (χ1v) is 5.84. The zero-order valence-electron chi connectivity index (χ0n) is 10.2. The van der Waals surface area contributed by atoms with Crippen molar-refractivity contribution in [2.45, 2.75) is 13.3 Å². The average Bonchev–Trinajstić information content (AvgIpc) is 2.31. The van der Waals surface area contributed by atoms with Crippen molar-refractivity contribution in [3.63, 3.8) is 0 Å². The Balaban J connectivity index is 2.74. The van der Waals surface area contributed by atoms with Gasteiger partial charge in [0.1, 0.15) is 0 Å². The summed E-state index contributed by atoms with van der Waals surface area (Å²) in [4.78, 5) is 20.3. The fourth-order valence-corrected chi connectivity index (χ4v) is 1.58. The van der Waals surface area contributed by atoms with Gasteiger partial charge in [0.25, 0.3) is 0 Å². The van der Waals surface area contributed by atoms with Gasteiger partial charge in [0.15, 0.2) is 0 Å². The molecular formula is C12H12ClFN2O3. The summed E-state index contributed by atoms with van der Waals surface area (Å²) in [6.07, 6.45) is 3.80. The van der Waals surface area contributed by atoms with Gasteiger partial charge in [-0.15, -0.1) is 0 Å². The van der Waals surface area contributed by atoms with Crippen LogP contribution in [0.4, 0.5) is 10.1 Å². The zero-order valence-corrected chi connectivity index (χ0v) is 10.9. The quantitative estimate of drug-likeness (QED) is 0.514. The zero-order chi connectivity index (χ0) is 14.4. The van der Waals surface area contributed by atoms with Crippen molar-refractivity contribution in [1.29, 1.82) is 0 Å². The average molecular weight is 287 g/mol. The van der Waals surface area contributed by atoms with Gasteiger partial charge in [-0.2, -0.15) is 4.39 Å². The van der Waals surface area contributed by atoms with E-state index >= 15 is 0 Å². The van der Waals surface area contributed by atoms with Gasteiger partial charge in [-0.05, 0) is 18.1 Å². The summed E-state index contributed by atoms with van der Waals surface area (Å²) in [5, 5.41) is 13.2. The molecule has 0 aromatic heterocycles. The van der Waals surface area contributed by atoms with Crippen molar-refractivity contribution in [2.24, 2.45) is 0 Å². The largest absolute Gasteiger partial charge is 0.356 e. The van der Waals surface area contributed by atoms with Crippen molar-refractivity contribution in [1.82, 2.24) is 5.32 Å². The van der Waals surface area contributed by atoms with Crippen LogP contribution in [-0.2, 0) is 4.79 Å². The van der Waals surface area contributed by atoms with E-state index < -0.39 is 16.4 Å². The van der Waals surface area contributed by atoms with E-state index in [-0.39, 0.29) is 10.9 Å². The monoisotopic (exact) mass is 286 g/mol. The standard InChI is InChI=1S/C12H12ClFN2O3/c1-8(17)15-5-3-2-4-9-6-11(14)12(16(18)19)7-10(9)13/h2,4,6-7H,3,5H2,1H3,(H,15,17). The summed E-state index contributed by atoms with van der Waals surface area (Å²) in [5.41, 5.74) is -0.298. The topological polar surface area (TPSA) is 72.2 Å². The highest BCUT2D eigenvalue weighted by Crippen LogP contribution is 2.26. The van der Waals surface area contributed by atoms with E-state index in [2.05, 4.69) is 5.32 Å². The van der Waals surface area contributed by atoms with Gasteiger partial charge in [-0.3, -0.25) is 14.9 Å². The Morgan fingerprint density at radius 2 is 2.26 bits per heavy atom. The molecule has 1 aromatic carbocycles. The van der Waals surface area contributed by atoms with Crippen LogP contribution in [0.5, 0.6) is 0 Å². The summed E-state index contributed by atoms with van der Waals surface area (Å²) in [5.74, 6) is -1.07. The Kier molecular flexibility index (Phi) is 5.44.